The van der Waals surface area contributed by atoms with Crippen molar-refractivity contribution in [1.82, 2.24) is 15.0 Å². The van der Waals surface area contributed by atoms with Crippen LogP contribution in [0.15, 0.2) is 47.8 Å². The van der Waals surface area contributed by atoms with Crippen LogP contribution in [0.4, 0.5) is 29.1 Å². The van der Waals surface area contributed by atoms with Crippen LogP contribution in [0.25, 0.3) is 11.0 Å². The van der Waals surface area contributed by atoms with Crippen LogP contribution in [0.2, 0.25) is 0 Å². The van der Waals surface area contributed by atoms with Gasteiger partial charge in [-0.2, -0.15) is 0 Å². The number of anilines is 2. The molecule has 11 heteroatoms. The number of nitrogens with zero attached hydrogens (tertiary/aromatic N) is 2. The summed E-state index contributed by atoms with van der Waals surface area (Å²) in [7, 11) is 0. The van der Waals surface area contributed by atoms with Gasteiger partial charge in [0, 0.05) is 18.3 Å². The number of hydrogen-bond donors (Lipinski definition) is 3. The van der Waals surface area contributed by atoms with Gasteiger partial charge in [-0.15, -0.1) is 0 Å². The zero-order chi connectivity index (χ0) is 23.7. The van der Waals surface area contributed by atoms with Crippen LogP contribution in [0.3, 0.4) is 0 Å². The molecule has 4 rings (SSSR count). The lowest BCUT2D eigenvalue weighted by atomic mass is 10.0. The summed E-state index contributed by atoms with van der Waals surface area (Å²) in [4.78, 5) is 24.2. The fourth-order valence-electron chi connectivity index (χ4n) is 3.17. The highest BCUT2D eigenvalue weighted by atomic mass is 32.2. The smallest absolute Gasteiger partial charge is 0.201 e. The third-order valence-electron chi connectivity index (χ3n) is 4.62. The van der Waals surface area contributed by atoms with Gasteiger partial charge < -0.3 is 15.0 Å². The molecule has 170 valence electrons. The maximum Gasteiger partial charge on any atom is 0.201 e. The Hall–Kier alpha value is -3.60. The zero-order valence-electron chi connectivity index (χ0n) is 17.3. The predicted octanol–water partition coefficient (Wildman–Crippen LogP) is 5.68. The average molecular weight is 475 g/mol. The van der Waals surface area contributed by atoms with Gasteiger partial charge in [0.25, 0.3) is 0 Å². The van der Waals surface area contributed by atoms with Gasteiger partial charge in [-0.25, -0.2) is 27.5 Å². The lowest BCUT2D eigenvalue weighted by Gasteiger charge is -2.12. The Balaban J connectivity index is 1.70. The fraction of sp³-hybridized carbons (Fsp3) is 0.136. The van der Waals surface area contributed by atoms with Gasteiger partial charge in [0.05, 0.1) is 27.1 Å². The first-order valence-corrected chi connectivity index (χ1v) is 10.6. The molecular weight excluding hydrogens is 458 g/mol. The number of carbonyl (C=O) groups is 1. The van der Waals surface area contributed by atoms with Crippen molar-refractivity contribution in [2.45, 2.75) is 24.8 Å². The molecule has 0 saturated carbocycles. The monoisotopic (exact) mass is 475 g/mol. The van der Waals surface area contributed by atoms with E-state index < -0.39 is 34.6 Å². The Bertz CT molecular complexity index is 1360. The summed E-state index contributed by atoms with van der Waals surface area (Å²) in [5.41, 5.74) is -0.722. The van der Waals surface area contributed by atoms with Gasteiger partial charge >= 0.3 is 0 Å². The number of rotatable bonds is 7. The largest absolute Gasteiger partial charge is 0.367 e. The van der Waals surface area contributed by atoms with Crippen molar-refractivity contribution >= 4 is 40.3 Å². The lowest BCUT2D eigenvalue weighted by Crippen LogP contribution is -2.13. The summed E-state index contributed by atoms with van der Waals surface area (Å²) in [5.74, 6) is -4.40. The van der Waals surface area contributed by atoms with Crippen molar-refractivity contribution in [2.24, 2.45) is 0 Å². The van der Waals surface area contributed by atoms with Crippen LogP contribution >= 0.6 is 11.9 Å². The molecule has 0 aliphatic rings. The molecule has 2 heterocycles. The van der Waals surface area contributed by atoms with Crippen molar-refractivity contribution in [3.8, 4) is 0 Å². The molecule has 6 nitrogen and oxygen atoms in total. The van der Waals surface area contributed by atoms with Crippen LogP contribution in [0.5, 0.6) is 0 Å². The Kier molecular flexibility index (Phi) is 6.23. The maximum atomic E-state index is 15.2. The van der Waals surface area contributed by atoms with E-state index in [1.165, 1.54) is 18.6 Å². The summed E-state index contributed by atoms with van der Waals surface area (Å²) in [5, 5.41) is 3.38. The molecule has 0 spiro atoms. The maximum absolute atomic E-state index is 15.2. The van der Waals surface area contributed by atoms with Crippen LogP contribution in [0, 0.1) is 23.3 Å². The first kappa shape index (κ1) is 22.6. The molecule has 0 bridgehead atoms. The fourth-order valence-corrected chi connectivity index (χ4v) is 3.84. The van der Waals surface area contributed by atoms with Gasteiger partial charge in [0.15, 0.2) is 5.82 Å². The predicted molar refractivity (Wildman–Crippen MR) is 118 cm³/mol. The number of nitrogens with one attached hydrogen (secondary N) is 3. The van der Waals surface area contributed by atoms with E-state index in [1.54, 1.807) is 0 Å². The molecule has 2 aromatic carbocycles. The highest BCUT2D eigenvalue weighted by Gasteiger charge is 2.26. The average Bonchev–Trinajstić information content (AvgIpc) is 3.19. The minimum atomic E-state index is -1.15. The van der Waals surface area contributed by atoms with E-state index in [2.05, 4.69) is 25.0 Å². The summed E-state index contributed by atoms with van der Waals surface area (Å²) in [6.45, 7) is 3.75. The van der Waals surface area contributed by atoms with E-state index in [0.717, 1.165) is 18.2 Å². The Morgan fingerprint density at radius 2 is 1.85 bits per heavy atom. The van der Waals surface area contributed by atoms with E-state index in [0.29, 0.717) is 34.9 Å². The van der Waals surface area contributed by atoms with Crippen molar-refractivity contribution in [1.29, 1.82) is 0 Å². The molecule has 0 radical (unpaired) electrons. The minimum absolute atomic E-state index is 0.00817. The Morgan fingerprint density at radius 3 is 2.58 bits per heavy atom. The number of aromatic amines is 1. The molecule has 0 unspecified atom stereocenters. The van der Waals surface area contributed by atoms with E-state index in [4.69, 9.17) is 0 Å². The number of aromatic nitrogens is 3. The molecule has 0 aliphatic carbocycles. The van der Waals surface area contributed by atoms with Crippen LogP contribution in [0.1, 0.15) is 29.8 Å². The highest BCUT2D eigenvalue weighted by molar-refractivity contribution is 8.00. The molecule has 33 heavy (non-hydrogen) atoms. The number of H-pyrrole nitrogens is 1. The van der Waals surface area contributed by atoms with E-state index in [1.807, 2.05) is 13.8 Å². The first-order chi connectivity index (χ1) is 15.8. The van der Waals surface area contributed by atoms with Crippen LogP contribution in [-0.2, 0) is 0 Å². The Labute approximate surface area is 190 Å². The topological polar surface area (TPSA) is 82.7 Å². The minimum Gasteiger partial charge on any atom is -0.367 e. The molecule has 0 saturated heterocycles. The normalized spacial score (nSPS) is 11.2. The zero-order valence-corrected chi connectivity index (χ0v) is 18.2. The molecule has 3 N–H and O–H groups in total. The second-order valence-electron chi connectivity index (χ2n) is 7.34. The molecular formula is C22H17F4N5OS. The van der Waals surface area contributed by atoms with E-state index in [9.17, 15) is 18.0 Å². The summed E-state index contributed by atoms with van der Waals surface area (Å²) in [6, 6.07) is 4.89. The van der Waals surface area contributed by atoms with Gasteiger partial charge in [-0.3, -0.25) is 4.79 Å². The number of ketones is 1. The van der Waals surface area contributed by atoms with Crippen LogP contribution < -0.4 is 10.0 Å². The molecule has 0 atom stereocenters. The summed E-state index contributed by atoms with van der Waals surface area (Å²) >= 11 is 0.657. The third kappa shape index (κ3) is 4.49. The summed E-state index contributed by atoms with van der Waals surface area (Å²) in [6.07, 6.45) is 2.62. The third-order valence-corrected chi connectivity index (χ3v) is 5.50. The van der Waals surface area contributed by atoms with Crippen molar-refractivity contribution in [3.05, 3.63) is 77.3 Å². The molecule has 0 amide bonds. The molecule has 2 aromatic heterocycles. The quantitative estimate of drug-likeness (QED) is 0.181. The van der Waals surface area contributed by atoms with Crippen molar-refractivity contribution in [3.63, 3.8) is 0 Å². The lowest BCUT2D eigenvalue weighted by molar-refractivity contribution is 0.103. The number of hydrogen-bond acceptors (Lipinski definition) is 6. The number of carbonyl (C=O) groups excluding carboxylic acids is 1. The van der Waals surface area contributed by atoms with Crippen molar-refractivity contribution < 1.29 is 22.4 Å². The van der Waals surface area contributed by atoms with Gasteiger partial charge in [0.2, 0.25) is 5.78 Å². The van der Waals surface area contributed by atoms with Crippen LogP contribution in [-0.4, -0.2) is 26.8 Å². The standard InChI is InChI=1S/C22H17F4N5OS/c1-10(2)30-22-17-12(8-27-21(17)28-9-29-22)20(32)18-13(24)4-5-15(19(18)26)31-33-16-6-3-11(23)7-14(16)25/h3-10,31H,1-2H3,(H2,27,28,29,30). The number of halogens is 4. The summed E-state index contributed by atoms with van der Waals surface area (Å²) < 4.78 is 59.3. The molecule has 0 fully saturated rings. The molecule has 0 aliphatic heterocycles. The number of benzene rings is 2. The van der Waals surface area contributed by atoms with Gasteiger partial charge in [0.1, 0.15) is 35.2 Å². The van der Waals surface area contributed by atoms with E-state index >= 15 is 4.39 Å². The molecule has 4 aromatic rings. The van der Waals surface area contributed by atoms with Gasteiger partial charge in [-0.05, 0) is 50.1 Å². The second kappa shape index (κ2) is 9.10. The second-order valence-corrected chi connectivity index (χ2v) is 8.19. The number of fused-ring (bicyclic) bond motifs is 1. The van der Waals surface area contributed by atoms with Gasteiger partial charge in [-0.1, -0.05) is 0 Å². The SMILES string of the molecule is CC(C)Nc1ncnc2[nH]cc(C(=O)c3c(F)ccc(NSc4ccc(F)cc4F)c3F)c12. The first-order valence-electron chi connectivity index (χ1n) is 9.75. The van der Waals surface area contributed by atoms with E-state index in [-0.39, 0.29) is 22.2 Å². The highest BCUT2D eigenvalue weighted by Crippen LogP contribution is 2.32. The van der Waals surface area contributed by atoms with Crippen molar-refractivity contribution in [2.75, 3.05) is 10.0 Å². The Morgan fingerprint density at radius 1 is 1.06 bits per heavy atom.